The van der Waals surface area contributed by atoms with Crippen LogP contribution in [0.4, 0.5) is 24.7 Å². The first-order chi connectivity index (χ1) is 25.0. The Morgan fingerprint density at radius 2 is 1.66 bits per heavy atom. The lowest BCUT2D eigenvalue weighted by Gasteiger charge is -2.40. The van der Waals surface area contributed by atoms with Crippen molar-refractivity contribution in [2.75, 3.05) is 23.4 Å². The van der Waals surface area contributed by atoms with Gasteiger partial charge < -0.3 is 15.1 Å². The van der Waals surface area contributed by atoms with E-state index in [1.807, 2.05) is 43.3 Å². The lowest BCUT2D eigenvalue weighted by Crippen LogP contribution is -2.56. The molecule has 2 N–H and O–H groups in total. The minimum atomic E-state index is -4.67. The van der Waals surface area contributed by atoms with Crippen LogP contribution in [0, 0.1) is 6.92 Å². The summed E-state index contributed by atoms with van der Waals surface area (Å²) in [7, 11) is -2.24. The largest absolute Gasteiger partial charge is 0.416 e. The zero-order valence-electron chi connectivity index (χ0n) is 30.7. The van der Waals surface area contributed by atoms with Gasteiger partial charge in [0.1, 0.15) is 11.9 Å². The molecule has 0 saturated carbocycles. The summed E-state index contributed by atoms with van der Waals surface area (Å²) in [6.07, 6.45) is -1.28. The molecule has 1 aliphatic carbocycles. The number of fused-ring (bicyclic) bond motifs is 1. The molecule has 3 amide bonds. The molecule has 0 fully saturated rings. The van der Waals surface area contributed by atoms with E-state index < -0.39 is 43.8 Å². The van der Waals surface area contributed by atoms with Crippen molar-refractivity contribution in [3.8, 4) is 5.69 Å². The molecule has 9 nitrogen and oxygen atoms in total. The van der Waals surface area contributed by atoms with Gasteiger partial charge in [0.05, 0.1) is 23.6 Å². The van der Waals surface area contributed by atoms with Crippen molar-refractivity contribution in [3.05, 3.63) is 118 Å². The highest BCUT2D eigenvalue weighted by atomic mass is 28.4. The van der Waals surface area contributed by atoms with E-state index in [1.54, 1.807) is 33.8 Å². The lowest BCUT2D eigenvalue weighted by atomic mass is 9.80. The highest BCUT2D eigenvalue weighted by Gasteiger charge is 2.47. The van der Waals surface area contributed by atoms with Gasteiger partial charge in [-0.2, -0.15) is 18.3 Å². The molecule has 0 unspecified atom stereocenters. The normalized spacial score (nSPS) is 17.5. The van der Waals surface area contributed by atoms with E-state index in [1.165, 1.54) is 6.07 Å². The second kappa shape index (κ2) is 14.4. The van der Waals surface area contributed by atoms with Gasteiger partial charge in [0.15, 0.2) is 8.32 Å². The third-order valence-electron chi connectivity index (χ3n) is 10.4. The molecule has 2 heterocycles. The standard InChI is InChI=1S/C40H44F3N5O4Si/c1-25-32-33(27-15-12-18-30(24-27)44-35(49)26-13-10-14-26)34(45-36(50)28-16-11-17-29(23-28)40(41,42)43)38(51)47(21-22-52-53(5,6)39(2,3)4)37(32)48(46-25)31-19-8-7-9-20-31/h7-9,11-13,15-20,23-24,33-34H,10,14,21-22H2,1-6H3,(H,44,49)(H,45,50)/t33-,34+/m1/s1. The Morgan fingerprint density at radius 1 is 0.962 bits per heavy atom. The number of nitrogens with zero attached hydrogens (tertiary/aromatic N) is 3. The second-order valence-corrected chi connectivity index (χ2v) is 19.8. The number of anilines is 2. The molecule has 0 bridgehead atoms. The maximum absolute atomic E-state index is 15.0. The summed E-state index contributed by atoms with van der Waals surface area (Å²) in [5, 5.41) is 10.6. The van der Waals surface area contributed by atoms with Gasteiger partial charge in [-0.3, -0.25) is 19.3 Å². The predicted octanol–water partition coefficient (Wildman–Crippen LogP) is 8.16. The number of aryl methyl sites for hydroxylation is 1. The minimum absolute atomic E-state index is 0.0887. The van der Waals surface area contributed by atoms with Crippen LogP contribution in [0.2, 0.25) is 18.1 Å². The van der Waals surface area contributed by atoms with Crippen LogP contribution >= 0.6 is 0 Å². The first kappa shape index (κ1) is 37.7. The number of carbonyl (C=O) groups is 3. The summed E-state index contributed by atoms with van der Waals surface area (Å²) in [6.45, 7) is 12.8. The van der Waals surface area contributed by atoms with Gasteiger partial charge >= 0.3 is 6.18 Å². The van der Waals surface area contributed by atoms with E-state index in [4.69, 9.17) is 9.52 Å². The van der Waals surface area contributed by atoms with Crippen LogP contribution in [0.1, 0.15) is 72.3 Å². The lowest BCUT2D eigenvalue weighted by molar-refractivity contribution is -0.137. The second-order valence-electron chi connectivity index (χ2n) is 15.0. The molecule has 3 aromatic carbocycles. The van der Waals surface area contributed by atoms with Crippen LogP contribution in [0.15, 0.2) is 90.5 Å². The highest BCUT2D eigenvalue weighted by molar-refractivity contribution is 6.74. The molecule has 2 atom stereocenters. The Morgan fingerprint density at radius 3 is 2.30 bits per heavy atom. The molecule has 53 heavy (non-hydrogen) atoms. The number of para-hydroxylation sites is 1. The molecule has 0 saturated heterocycles. The van der Waals surface area contributed by atoms with Crippen LogP contribution in [-0.2, 0) is 20.2 Å². The third-order valence-corrected chi connectivity index (χ3v) is 15.0. The average molecular weight is 744 g/mol. The van der Waals surface area contributed by atoms with Crippen LogP contribution in [-0.4, -0.2) is 55.0 Å². The van der Waals surface area contributed by atoms with E-state index in [2.05, 4.69) is 44.5 Å². The van der Waals surface area contributed by atoms with Gasteiger partial charge in [-0.15, -0.1) is 0 Å². The van der Waals surface area contributed by atoms with Gasteiger partial charge in [0.25, 0.3) is 17.7 Å². The summed E-state index contributed by atoms with van der Waals surface area (Å²) in [5.41, 5.74) is 2.51. The molecular weight excluding hydrogens is 700 g/mol. The van der Waals surface area contributed by atoms with Crippen LogP contribution in [0.3, 0.4) is 0 Å². The van der Waals surface area contributed by atoms with Crippen LogP contribution < -0.4 is 15.5 Å². The van der Waals surface area contributed by atoms with Crippen molar-refractivity contribution in [2.24, 2.45) is 0 Å². The van der Waals surface area contributed by atoms with E-state index in [9.17, 15) is 27.6 Å². The number of amides is 3. The molecule has 1 aromatic heterocycles. The average Bonchev–Trinajstić information content (AvgIpc) is 3.41. The summed E-state index contributed by atoms with van der Waals surface area (Å²) < 4.78 is 49.3. The summed E-state index contributed by atoms with van der Waals surface area (Å²) in [4.78, 5) is 43.3. The summed E-state index contributed by atoms with van der Waals surface area (Å²) in [6, 6.07) is 19.3. The Labute approximate surface area is 308 Å². The molecule has 0 spiro atoms. The highest BCUT2D eigenvalue weighted by Crippen LogP contribution is 2.44. The maximum atomic E-state index is 15.0. The molecule has 1 aliphatic heterocycles. The summed E-state index contributed by atoms with van der Waals surface area (Å²) in [5.74, 6) is -1.87. The Balaban J connectivity index is 1.48. The predicted molar refractivity (Wildman–Crippen MR) is 201 cm³/mol. The fraction of sp³-hybridized carbons (Fsp3) is 0.350. The number of carbonyl (C=O) groups excluding carboxylic acids is 3. The van der Waals surface area contributed by atoms with Crippen LogP contribution in [0.5, 0.6) is 0 Å². The number of nitrogens with one attached hydrogen (secondary N) is 2. The minimum Gasteiger partial charge on any atom is -0.415 e. The smallest absolute Gasteiger partial charge is 0.415 e. The van der Waals surface area contributed by atoms with Crippen molar-refractivity contribution in [2.45, 2.75) is 76.8 Å². The zero-order valence-corrected chi connectivity index (χ0v) is 31.7. The molecule has 13 heteroatoms. The number of aromatic nitrogens is 2. The topological polar surface area (TPSA) is 106 Å². The SMILES string of the molecule is Cc1nn(-c2ccccc2)c2c1[C@@H](c1cccc(NC(=O)C3=CCC3)c1)[C@H](NC(=O)c1cccc(C(F)(F)F)c1)C(=O)N2CCO[Si](C)(C)C(C)(C)C. The number of rotatable bonds is 10. The Kier molecular flexibility index (Phi) is 10.3. The van der Waals surface area contributed by atoms with Gasteiger partial charge in [-0.1, -0.05) is 63.2 Å². The van der Waals surface area contributed by atoms with E-state index in [0.717, 1.165) is 24.6 Å². The third kappa shape index (κ3) is 7.72. The quantitative estimate of drug-likeness (QED) is 0.160. The van der Waals surface area contributed by atoms with E-state index in [0.29, 0.717) is 46.0 Å². The Bertz CT molecular complexity index is 2070. The van der Waals surface area contributed by atoms with Crippen molar-refractivity contribution in [3.63, 3.8) is 0 Å². The van der Waals surface area contributed by atoms with Gasteiger partial charge in [-0.05, 0) is 85.9 Å². The number of hydrogen-bond donors (Lipinski definition) is 2. The molecule has 278 valence electrons. The fourth-order valence-electron chi connectivity index (χ4n) is 6.39. The number of halogens is 3. The van der Waals surface area contributed by atoms with Crippen molar-refractivity contribution >= 4 is 37.5 Å². The summed E-state index contributed by atoms with van der Waals surface area (Å²) >= 11 is 0. The number of benzene rings is 3. The van der Waals surface area contributed by atoms with Crippen molar-refractivity contribution < 1.29 is 32.0 Å². The number of alkyl halides is 3. The fourth-order valence-corrected chi connectivity index (χ4v) is 7.42. The molecular formula is C40H44F3N5O4Si. The van der Waals surface area contributed by atoms with E-state index in [-0.39, 0.29) is 29.7 Å². The Hall–Kier alpha value is -5.01. The number of hydrogen-bond acceptors (Lipinski definition) is 5. The zero-order chi connectivity index (χ0) is 38.3. The van der Waals surface area contributed by atoms with Crippen LogP contribution in [0.25, 0.3) is 5.69 Å². The van der Waals surface area contributed by atoms with Gasteiger partial charge in [0.2, 0.25) is 0 Å². The van der Waals surface area contributed by atoms with Gasteiger partial charge in [-0.25, -0.2) is 4.68 Å². The first-order valence-corrected chi connectivity index (χ1v) is 20.6. The van der Waals surface area contributed by atoms with Crippen molar-refractivity contribution in [1.29, 1.82) is 0 Å². The molecule has 0 radical (unpaired) electrons. The monoisotopic (exact) mass is 743 g/mol. The molecule has 2 aliphatic rings. The molecule has 6 rings (SSSR count). The van der Waals surface area contributed by atoms with Crippen molar-refractivity contribution in [1.82, 2.24) is 15.1 Å². The van der Waals surface area contributed by atoms with Gasteiger partial charge in [0, 0.05) is 34.9 Å². The number of allylic oxidation sites excluding steroid dienone is 1. The molecule has 4 aromatic rings. The van der Waals surface area contributed by atoms with E-state index >= 15 is 0 Å². The maximum Gasteiger partial charge on any atom is 0.416 e. The first-order valence-electron chi connectivity index (χ1n) is 17.6.